The predicted molar refractivity (Wildman–Crippen MR) is 78.6 cm³/mol. The Hall–Kier alpha value is -2.00. The number of thiol groups is 1. The fourth-order valence-corrected chi connectivity index (χ4v) is 2.64. The van der Waals surface area contributed by atoms with E-state index < -0.39 is 0 Å². The highest BCUT2D eigenvalue weighted by Gasteiger charge is 1.95. The van der Waals surface area contributed by atoms with Crippen molar-refractivity contribution in [1.82, 2.24) is 0 Å². The summed E-state index contributed by atoms with van der Waals surface area (Å²) in [6, 6.07) is 6.71. The maximum Gasteiger partial charge on any atom is 0.179 e. The van der Waals surface area contributed by atoms with Crippen LogP contribution < -0.4 is 0 Å². The van der Waals surface area contributed by atoms with Crippen LogP contribution in [0.3, 0.4) is 0 Å². The number of ketones is 1. The minimum atomic E-state index is -0.376. The Balaban J connectivity index is 1.92. The minimum absolute atomic E-state index is 0.0284. The van der Waals surface area contributed by atoms with Crippen molar-refractivity contribution in [2.45, 2.75) is 0 Å². The molecule has 1 aliphatic heterocycles. The van der Waals surface area contributed by atoms with E-state index in [1.54, 1.807) is 36.4 Å². The van der Waals surface area contributed by atoms with Gasteiger partial charge in [0, 0.05) is 0 Å². The van der Waals surface area contributed by atoms with E-state index in [2.05, 4.69) is 10.8 Å². The lowest BCUT2D eigenvalue weighted by Gasteiger charge is -1.99. The Bertz CT molecular complexity index is 524. The van der Waals surface area contributed by atoms with Crippen LogP contribution in [0.4, 0.5) is 0 Å². The minimum Gasteiger partial charge on any atom is -0.508 e. The van der Waals surface area contributed by atoms with E-state index in [4.69, 9.17) is 5.11 Å². The molecule has 0 aromatic heterocycles. The second-order valence-electron chi connectivity index (χ2n) is 3.77. The van der Waals surface area contributed by atoms with E-state index in [9.17, 15) is 4.79 Å². The highest BCUT2D eigenvalue weighted by Crippen LogP contribution is 2.33. The van der Waals surface area contributed by atoms with Crippen LogP contribution in [0.1, 0.15) is 5.56 Å². The average Bonchev–Trinajstić information content (AvgIpc) is 2.89. The number of hydrogen-bond donors (Lipinski definition) is 2. The monoisotopic (exact) mass is 258 g/mol. The number of phenolic OH excluding ortho intramolecular Hbond substituents is 1. The van der Waals surface area contributed by atoms with Gasteiger partial charge < -0.3 is 5.11 Å². The maximum absolute atomic E-state index is 11.6. The first-order valence-electron chi connectivity index (χ1n) is 5.56. The van der Waals surface area contributed by atoms with E-state index in [1.165, 1.54) is 6.08 Å². The summed E-state index contributed by atoms with van der Waals surface area (Å²) in [5.74, 6) is 0.195. The Kier molecular flexibility index (Phi) is 4.20. The third kappa shape index (κ3) is 3.79. The van der Waals surface area contributed by atoms with Gasteiger partial charge in [-0.1, -0.05) is 30.4 Å². The molecule has 2 rings (SSSR count). The number of allylic oxidation sites excluding steroid dienone is 4. The fourth-order valence-electron chi connectivity index (χ4n) is 1.43. The molecule has 0 amide bonds. The van der Waals surface area contributed by atoms with Crippen LogP contribution in [-0.2, 0) is 4.79 Å². The molecule has 1 aromatic carbocycles. The third-order valence-corrected chi connectivity index (χ3v) is 3.90. The van der Waals surface area contributed by atoms with E-state index in [-0.39, 0.29) is 22.4 Å². The number of hydrogen-bond acceptors (Lipinski definition) is 2. The molecule has 2 nitrogen and oxygen atoms in total. The van der Waals surface area contributed by atoms with Crippen molar-refractivity contribution in [3.8, 4) is 5.75 Å². The van der Waals surface area contributed by atoms with Gasteiger partial charge >= 0.3 is 0 Å². The van der Waals surface area contributed by atoms with Gasteiger partial charge in [-0.05, 0) is 46.1 Å². The van der Waals surface area contributed by atoms with Crippen molar-refractivity contribution in [2.24, 2.45) is 0 Å². The zero-order valence-electron chi connectivity index (χ0n) is 9.73. The van der Waals surface area contributed by atoms with E-state index in [0.717, 1.165) is 5.56 Å². The molecule has 0 unspecified atom stereocenters. The number of benzene rings is 1. The largest absolute Gasteiger partial charge is 0.508 e. The summed E-state index contributed by atoms with van der Waals surface area (Å²) in [6.07, 6.45) is 8.85. The molecule has 0 saturated heterocycles. The SMILES string of the molecule is O=C(C=Cc1ccc(O)cc1)C=C[SH]1C=CC=C1. The first kappa shape index (κ1) is 12.5. The van der Waals surface area contributed by atoms with E-state index >= 15 is 0 Å². The summed E-state index contributed by atoms with van der Waals surface area (Å²) in [7, 11) is -0.376. The first-order valence-corrected chi connectivity index (χ1v) is 7.11. The quantitative estimate of drug-likeness (QED) is 0.640. The number of phenols is 1. The van der Waals surface area contributed by atoms with Crippen LogP contribution in [0, 0.1) is 0 Å². The lowest BCUT2D eigenvalue weighted by molar-refractivity contribution is -0.110. The molecule has 1 N–H and O–H groups in total. The number of carbonyl (C=O) groups is 1. The van der Waals surface area contributed by atoms with Crippen molar-refractivity contribution < 1.29 is 9.90 Å². The number of aromatic hydroxyl groups is 1. The van der Waals surface area contributed by atoms with Crippen molar-refractivity contribution in [3.05, 3.63) is 70.4 Å². The molecule has 0 atom stereocenters. The van der Waals surface area contributed by atoms with Crippen LogP contribution in [-0.4, -0.2) is 10.9 Å². The molecule has 1 aliphatic rings. The van der Waals surface area contributed by atoms with Crippen LogP contribution in [0.5, 0.6) is 5.75 Å². The third-order valence-electron chi connectivity index (χ3n) is 2.37. The topological polar surface area (TPSA) is 37.3 Å². The molecule has 92 valence electrons. The Labute approximate surface area is 109 Å². The van der Waals surface area contributed by atoms with Gasteiger partial charge in [-0.15, -0.1) is 0 Å². The number of rotatable bonds is 4. The van der Waals surface area contributed by atoms with Gasteiger partial charge in [0.2, 0.25) is 0 Å². The summed E-state index contributed by atoms with van der Waals surface area (Å²) in [5, 5.41) is 15.2. The lowest BCUT2D eigenvalue weighted by Crippen LogP contribution is -1.84. The van der Waals surface area contributed by atoms with Crippen molar-refractivity contribution in [3.63, 3.8) is 0 Å². The Morgan fingerprint density at radius 2 is 1.72 bits per heavy atom. The van der Waals surface area contributed by atoms with Gasteiger partial charge in [-0.3, -0.25) is 4.79 Å². The molecule has 0 bridgehead atoms. The maximum atomic E-state index is 11.6. The molecular weight excluding hydrogens is 244 g/mol. The van der Waals surface area contributed by atoms with Gasteiger partial charge in [0.15, 0.2) is 5.78 Å². The normalized spacial score (nSPS) is 16.1. The lowest BCUT2D eigenvalue weighted by atomic mass is 10.2. The van der Waals surface area contributed by atoms with E-state index in [0.29, 0.717) is 0 Å². The van der Waals surface area contributed by atoms with Crippen molar-refractivity contribution in [1.29, 1.82) is 0 Å². The summed E-state index contributed by atoms with van der Waals surface area (Å²) in [4.78, 5) is 11.6. The Morgan fingerprint density at radius 3 is 2.39 bits per heavy atom. The molecular formula is C15H14O2S. The number of carbonyl (C=O) groups excluding carboxylic acids is 1. The summed E-state index contributed by atoms with van der Waals surface area (Å²) in [6.45, 7) is 0. The summed E-state index contributed by atoms with van der Waals surface area (Å²) >= 11 is 0. The summed E-state index contributed by atoms with van der Waals surface area (Å²) < 4.78 is 0. The average molecular weight is 258 g/mol. The van der Waals surface area contributed by atoms with Gasteiger partial charge in [-0.25, -0.2) is 0 Å². The van der Waals surface area contributed by atoms with Gasteiger partial charge in [-0.2, -0.15) is 10.9 Å². The molecule has 3 heteroatoms. The molecule has 1 heterocycles. The zero-order valence-corrected chi connectivity index (χ0v) is 10.6. The Morgan fingerprint density at radius 1 is 1.06 bits per heavy atom. The molecule has 0 fully saturated rings. The van der Waals surface area contributed by atoms with Crippen LogP contribution in [0.25, 0.3) is 6.08 Å². The van der Waals surface area contributed by atoms with Gasteiger partial charge in [0.05, 0.1) is 0 Å². The van der Waals surface area contributed by atoms with Crippen molar-refractivity contribution in [2.75, 3.05) is 0 Å². The smallest absolute Gasteiger partial charge is 0.179 e. The van der Waals surface area contributed by atoms with Crippen LogP contribution >= 0.6 is 10.9 Å². The van der Waals surface area contributed by atoms with Gasteiger partial charge in [0.25, 0.3) is 0 Å². The first-order chi connectivity index (χ1) is 8.74. The molecule has 0 saturated carbocycles. The highest BCUT2D eigenvalue weighted by atomic mass is 32.2. The van der Waals surface area contributed by atoms with Gasteiger partial charge in [0.1, 0.15) is 5.75 Å². The molecule has 0 spiro atoms. The second kappa shape index (κ2) is 6.07. The zero-order chi connectivity index (χ0) is 12.8. The van der Waals surface area contributed by atoms with Crippen LogP contribution in [0.15, 0.2) is 64.8 Å². The predicted octanol–water partition coefficient (Wildman–Crippen LogP) is 3.53. The highest BCUT2D eigenvalue weighted by molar-refractivity contribution is 8.24. The molecule has 0 aliphatic carbocycles. The second-order valence-corrected chi connectivity index (χ2v) is 5.56. The molecule has 1 aromatic rings. The van der Waals surface area contributed by atoms with Crippen molar-refractivity contribution >= 4 is 22.8 Å². The summed E-state index contributed by atoms with van der Waals surface area (Å²) in [5.41, 5.74) is 0.890. The van der Waals surface area contributed by atoms with Crippen LogP contribution in [0.2, 0.25) is 0 Å². The molecule has 0 radical (unpaired) electrons. The fraction of sp³-hybridized carbons (Fsp3) is 0. The van der Waals surface area contributed by atoms with E-state index in [1.807, 2.05) is 17.6 Å². The standard InChI is InChI=1S/C15H14O2S/c16-14-6-3-13(4-7-14)5-8-15(17)9-12-18-10-1-2-11-18/h1-12,16,18H. The molecule has 18 heavy (non-hydrogen) atoms.